The second-order valence-electron chi connectivity index (χ2n) is 6.02. The molecule has 1 aromatic rings. The van der Waals surface area contributed by atoms with Crippen molar-refractivity contribution in [3.63, 3.8) is 0 Å². The molecule has 2 N–H and O–H groups in total. The van der Waals surface area contributed by atoms with Gasteiger partial charge in [-0.3, -0.25) is 0 Å². The summed E-state index contributed by atoms with van der Waals surface area (Å²) in [5.74, 6) is 0.855. The Kier molecular flexibility index (Phi) is 5.83. The van der Waals surface area contributed by atoms with E-state index in [1.165, 1.54) is 0 Å². The van der Waals surface area contributed by atoms with E-state index < -0.39 is 0 Å². The van der Waals surface area contributed by atoms with Crippen molar-refractivity contribution in [2.24, 2.45) is 11.1 Å². The molecule has 0 saturated carbocycles. The molecular weight excluding hydrogens is 238 g/mol. The zero-order valence-electron chi connectivity index (χ0n) is 12.8. The minimum absolute atomic E-state index is 0.0360. The predicted molar refractivity (Wildman–Crippen MR) is 79.3 cm³/mol. The summed E-state index contributed by atoms with van der Waals surface area (Å²) in [6.45, 7) is 9.15. The van der Waals surface area contributed by atoms with E-state index in [0.29, 0.717) is 6.61 Å². The molecular formula is C16H27NO2. The third-order valence-corrected chi connectivity index (χ3v) is 3.28. The summed E-state index contributed by atoms with van der Waals surface area (Å²) in [6.07, 6.45) is 0.962. The average Bonchev–Trinajstić information content (AvgIpc) is 2.37. The Labute approximate surface area is 117 Å². The molecule has 0 saturated heterocycles. The number of ether oxygens (including phenoxy) is 2. The van der Waals surface area contributed by atoms with Gasteiger partial charge in [-0.1, -0.05) is 39.8 Å². The van der Waals surface area contributed by atoms with Crippen LogP contribution >= 0.6 is 0 Å². The first-order chi connectivity index (χ1) is 8.88. The van der Waals surface area contributed by atoms with E-state index in [4.69, 9.17) is 15.2 Å². The molecule has 0 spiro atoms. The number of methoxy groups -OCH3 is 1. The topological polar surface area (TPSA) is 44.5 Å². The lowest BCUT2D eigenvalue weighted by Gasteiger charge is -2.34. The van der Waals surface area contributed by atoms with Crippen LogP contribution in [0.4, 0.5) is 0 Å². The fourth-order valence-electron chi connectivity index (χ4n) is 2.18. The molecule has 0 bridgehead atoms. The van der Waals surface area contributed by atoms with Crippen molar-refractivity contribution >= 4 is 0 Å². The van der Waals surface area contributed by atoms with Crippen molar-refractivity contribution in [2.75, 3.05) is 7.11 Å². The van der Waals surface area contributed by atoms with Crippen LogP contribution in [0.15, 0.2) is 24.3 Å². The van der Waals surface area contributed by atoms with Crippen LogP contribution in [0, 0.1) is 5.41 Å². The largest absolute Gasteiger partial charge is 0.497 e. The molecule has 1 rings (SSSR count). The minimum atomic E-state index is 0.0360. The van der Waals surface area contributed by atoms with Gasteiger partial charge in [-0.25, -0.2) is 0 Å². The third kappa shape index (κ3) is 4.84. The van der Waals surface area contributed by atoms with Gasteiger partial charge in [0.15, 0.2) is 0 Å². The highest BCUT2D eigenvalue weighted by atomic mass is 16.5. The molecule has 0 aliphatic rings. The molecule has 0 aromatic heterocycles. The van der Waals surface area contributed by atoms with E-state index >= 15 is 0 Å². The molecule has 3 heteroatoms. The highest BCUT2D eigenvalue weighted by Crippen LogP contribution is 2.26. The number of hydrogen-bond donors (Lipinski definition) is 1. The number of benzene rings is 1. The molecule has 2 atom stereocenters. The van der Waals surface area contributed by atoms with Crippen LogP contribution < -0.4 is 10.5 Å². The van der Waals surface area contributed by atoms with Gasteiger partial charge in [0.25, 0.3) is 0 Å². The van der Waals surface area contributed by atoms with Crippen molar-refractivity contribution < 1.29 is 9.47 Å². The summed E-state index contributed by atoms with van der Waals surface area (Å²) in [5.41, 5.74) is 7.32. The second kappa shape index (κ2) is 6.92. The van der Waals surface area contributed by atoms with Gasteiger partial charge in [-0.2, -0.15) is 0 Å². The lowest BCUT2D eigenvalue weighted by atomic mass is 9.84. The second-order valence-corrected chi connectivity index (χ2v) is 6.02. The number of hydrogen-bond acceptors (Lipinski definition) is 3. The Morgan fingerprint density at radius 3 is 2.47 bits per heavy atom. The van der Waals surface area contributed by atoms with Gasteiger partial charge in [0, 0.05) is 6.04 Å². The van der Waals surface area contributed by atoms with Crippen LogP contribution in [0.25, 0.3) is 0 Å². The lowest BCUT2D eigenvalue weighted by molar-refractivity contribution is -0.0439. The first kappa shape index (κ1) is 16.0. The van der Waals surface area contributed by atoms with Crippen LogP contribution in [0.5, 0.6) is 5.75 Å². The molecule has 0 radical (unpaired) electrons. The fourth-order valence-corrected chi connectivity index (χ4v) is 2.18. The maximum Gasteiger partial charge on any atom is 0.119 e. The van der Waals surface area contributed by atoms with Crippen LogP contribution in [0.1, 0.15) is 39.7 Å². The molecule has 0 aliphatic carbocycles. The van der Waals surface area contributed by atoms with Crippen molar-refractivity contribution in [3.8, 4) is 5.75 Å². The SMILES string of the molecule is CCC(N)C(OCc1cccc(OC)c1)C(C)(C)C. The smallest absolute Gasteiger partial charge is 0.119 e. The summed E-state index contributed by atoms with van der Waals surface area (Å²) in [7, 11) is 1.67. The highest BCUT2D eigenvalue weighted by Gasteiger charge is 2.30. The number of nitrogens with two attached hydrogens (primary N) is 1. The summed E-state index contributed by atoms with van der Waals surface area (Å²) < 4.78 is 11.3. The zero-order valence-corrected chi connectivity index (χ0v) is 12.8. The van der Waals surface area contributed by atoms with Gasteiger partial charge < -0.3 is 15.2 Å². The van der Waals surface area contributed by atoms with Gasteiger partial charge in [-0.15, -0.1) is 0 Å². The summed E-state index contributed by atoms with van der Waals surface area (Å²) >= 11 is 0. The van der Waals surface area contributed by atoms with E-state index in [1.807, 2.05) is 24.3 Å². The average molecular weight is 265 g/mol. The van der Waals surface area contributed by atoms with E-state index in [9.17, 15) is 0 Å². The maximum atomic E-state index is 6.17. The Hall–Kier alpha value is -1.06. The molecule has 0 heterocycles. The van der Waals surface area contributed by atoms with Crippen molar-refractivity contribution in [1.82, 2.24) is 0 Å². The summed E-state index contributed by atoms with van der Waals surface area (Å²) in [5, 5.41) is 0. The Morgan fingerprint density at radius 1 is 1.26 bits per heavy atom. The quantitative estimate of drug-likeness (QED) is 0.857. The summed E-state index contributed by atoms with van der Waals surface area (Å²) in [4.78, 5) is 0. The molecule has 0 fully saturated rings. The molecule has 0 aliphatic heterocycles. The molecule has 1 aromatic carbocycles. The molecule has 3 nitrogen and oxygen atoms in total. The standard InChI is InChI=1S/C16H27NO2/c1-6-14(17)15(16(2,3)4)19-11-12-8-7-9-13(10-12)18-5/h7-10,14-15H,6,11,17H2,1-5H3. The van der Waals surface area contributed by atoms with E-state index in [1.54, 1.807) is 7.11 Å². The fraction of sp³-hybridized carbons (Fsp3) is 0.625. The van der Waals surface area contributed by atoms with Gasteiger partial charge in [-0.05, 0) is 29.5 Å². The molecule has 108 valence electrons. The van der Waals surface area contributed by atoms with Gasteiger partial charge in [0.05, 0.1) is 19.8 Å². The maximum absolute atomic E-state index is 6.17. The van der Waals surface area contributed by atoms with Crippen molar-refractivity contribution in [3.05, 3.63) is 29.8 Å². The summed E-state index contributed by atoms with van der Waals surface area (Å²) in [6, 6.07) is 8.01. The van der Waals surface area contributed by atoms with Crippen LogP contribution in [0.2, 0.25) is 0 Å². The zero-order chi connectivity index (χ0) is 14.5. The van der Waals surface area contributed by atoms with Crippen LogP contribution in [-0.2, 0) is 11.3 Å². The van der Waals surface area contributed by atoms with E-state index in [0.717, 1.165) is 17.7 Å². The van der Waals surface area contributed by atoms with Gasteiger partial charge in [0.1, 0.15) is 5.75 Å². The Morgan fingerprint density at radius 2 is 1.95 bits per heavy atom. The normalized spacial score (nSPS) is 15.1. The first-order valence-corrected chi connectivity index (χ1v) is 6.88. The van der Waals surface area contributed by atoms with Gasteiger partial charge >= 0.3 is 0 Å². The molecule has 19 heavy (non-hydrogen) atoms. The van der Waals surface area contributed by atoms with Crippen LogP contribution in [-0.4, -0.2) is 19.3 Å². The van der Waals surface area contributed by atoms with Crippen LogP contribution in [0.3, 0.4) is 0 Å². The number of rotatable bonds is 6. The Balaban J connectivity index is 2.70. The first-order valence-electron chi connectivity index (χ1n) is 6.88. The minimum Gasteiger partial charge on any atom is -0.497 e. The Bertz CT molecular complexity index is 385. The molecule has 2 unspecified atom stereocenters. The monoisotopic (exact) mass is 265 g/mol. The predicted octanol–water partition coefficient (Wildman–Crippen LogP) is 3.36. The lowest BCUT2D eigenvalue weighted by Crippen LogP contribution is -2.44. The van der Waals surface area contributed by atoms with Crippen molar-refractivity contribution in [2.45, 2.75) is 52.9 Å². The van der Waals surface area contributed by atoms with Crippen molar-refractivity contribution in [1.29, 1.82) is 0 Å². The molecule has 0 amide bonds. The van der Waals surface area contributed by atoms with Gasteiger partial charge in [0.2, 0.25) is 0 Å². The van der Waals surface area contributed by atoms with E-state index in [-0.39, 0.29) is 17.6 Å². The van der Waals surface area contributed by atoms with E-state index in [2.05, 4.69) is 27.7 Å². The highest BCUT2D eigenvalue weighted by molar-refractivity contribution is 5.27. The third-order valence-electron chi connectivity index (χ3n) is 3.28.